The number of nitrogen functional groups attached to an aromatic ring is 1. The Labute approximate surface area is 323 Å². The van der Waals surface area contributed by atoms with Crippen molar-refractivity contribution in [3.05, 3.63) is 104 Å². The number of aryl methyl sites for hydroxylation is 1. The third-order valence-corrected chi connectivity index (χ3v) is 11.2. The molecule has 19 heteroatoms. The highest BCUT2D eigenvalue weighted by Crippen LogP contribution is 2.68. The van der Waals surface area contributed by atoms with Crippen LogP contribution in [0.4, 0.5) is 37.8 Å². The van der Waals surface area contributed by atoms with Crippen molar-refractivity contribution < 1.29 is 35.9 Å². The highest BCUT2D eigenvalue weighted by molar-refractivity contribution is 6.36. The van der Waals surface area contributed by atoms with Gasteiger partial charge in [0.25, 0.3) is 17.9 Å². The zero-order valence-electron chi connectivity index (χ0n) is 30.0. The topological polar surface area (TPSA) is 138 Å². The van der Waals surface area contributed by atoms with E-state index < -0.39 is 71.3 Å². The van der Waals surface area contributed by atoms with E-state index in [0.29, 0.717) is 48.0 Å². The third kappa shape index (κ3) is 6.16. The molecule has 3 aromatic heterocycles. The van der Waals surface area contributed by atoms with Crippen LogP contribution in [0.15, 0.2) is 53.3 Å². The molecule has 296 valence electrons. The van der Waals surface area contributed by atoms with E-state index in [1.54, 1.807) is 25.2 Å². The van der Waals surface area contributed by atoms with E-state index >= 15 is 8.78 Å². The van der Waals surface area contributed by atoms with Crippen molar-refractivity contribution >= 4 is 50.8 Å². The quantitative estimate of drug-likeness (QED) is 0.168. The number of amides is 1. The first-order chi connectivity index (χ1) is 27.2. The third-order valence-electron chi connectivity index (χ3n) is 10.9. The van der Waals surface area contributed by atoms with Gasteiger partial charge in [0, 0.05) is 49.8 Å². The van der Waals surface area contributed by atoms with E-state index in [-0.39, 0.29) is 57.2 Å². The number of hydrogen-bond donors (Lipinski definition) is 2. The molecule has 1 aliphatic heterocycles. The van der Waals surface area contributed by atoms with E-state index in [2.05, 4.69) is 15.5 Å². The fourth-order valence-corrected chi connectivity index (χ4v) is 8.62. The van der Waals surface area contributed by atoms with E-state index in [4.69, 9.17) is 27.1 Å². The van der Waals surface area contributed by atoms with Crippen LogP contribution in [0.5, 0.6) is 0 Å². The number of anilines is 2. The fraction of sp³-hybridized carbons (Fsp3) is 0.342. The van der Waals surface area contributed by atoms with Crippen LogP contribution < -0.4 is 21.5 Å². The van der Waals surface area contributed by atoms with Crippen LogP contribution in [0.2, 0.25) is 5.02 Å². The fourth-order valence-electron chi connectivity index (χ4n) is 8.37. The number of alkyl halides is 4. The number of nitrogens with two attached hydrogens (primary N) is 1. The lowest BCUT2D eigenvalue weighted by Crippen LogP contribution is -2.38. The summed E-state index contributed by atoms with van der Waals surface area (Å²) in [5, 5.41) is 11.5. The molecule has 0 unspecified atom stereocenters. The van der Waals surface area contributed by atoms with Crippen molar-refractivity contribution in [2.45, 2.75) is 43.7 Å². The number of halogens is 7. The molecule has 0 bridgehead atoms. The Morgan fingerprint density at radius 3 is 2.53 bits per heavy atom. The molecule has 0 spiro atoms. The zero-order valence-corrected chi connectivity index (χ0v) is 30.7. The van der Waals surface area contributed by atoms with Gasteiger partial charge in [0.2, 0.25) is 5.91 Å². The molecule has 3 aliphatic rings. The van der Waals surface area contributed by atoms with E-state index in [1.165, 1.54) is 21.4 Å². The highest BCUT2D eigenvalue weighted by atomic mass is 35.5. The molecule has 2 fully saturated rings. The second-order valence-electron chi connectivity index (χ2n) is 14.5. The number of carbonyl (C=O) groups excluding carboxylic acids is 1. The molecular weight excluding hydrogens is 780 g/mol. The molecule has 12 nitrogen and oxygen atoms in total. The lowest BCUT2D eigenvalue weighted by molar-refractivity contribution is -0.123. The second-order valence-corrected chi connectivity index (χ2v) is 14.9. The number of fused-ring (bicyclic) bond motifs is 5. The number of rotatable bonds is 9. The normalized spacial score (nSPS) is 19.0. The molecule has 3 N–H and O–H groups in total. The Balaban J connectivity index is 1.23. The average Bonchev–Trinajstić information content (AvgIpc) is 3.71. The molecule has 1 amide bonds. The summed E-state index contributed by atoms with van der Waals surface area (Å²) in [6, 6.07) is 9.44. The van der Waals surface area contributed by atoms with Gasteiger partial charge in [0.15, 0.2) is 5.82 Å². The summed E-state index contributed by atoms with van der Waals surface area (Å²) in [6.07, 6.45) is -3.50. The maximum absolute atomic E-state index is 15.4. The van der Waals surface area contributed by atoms with Crippen molar-refractivity contribution in [3.63, 3.8) is 0 Å². The molecule has 1 saturated carbocycles. The molecular formula is C38H32ClF6N9O3. The molecule has 3 aromatic carbocycles. The largest absolute Gasteiger partial charge is 0.382 e. The zero-order chi connectivity index (χ0) is 40.1. The van der Waals surface area contributed by atoms with Crippen LogP contribution >= 0.6 is 11.6 Å². The minimum Gasteiger partial charge on any atom is -0.382 e. The smallest absolute Gasteiger partial charge is 0.293 e. The first kappa shape index (κ1) is 37.0. The molecule has 6 aromatic rings. The number of aromatic nitrogens is 6. The Morgan fingerprint density at radius 1 is 1.07 bits per heavy atom. The van der Waals surface area contributed by atoms with Gasteiger partial charge in [-0.05, 0) is 60.4 Å². The molecule has 2 aliphatic carbocycles. The van der Waals surface area contributed by atoms with Gasteiger partial charge in [0.05, 0.1) is 51.8 Å². The van der Waals surface area contributed by atoms with Crippen molar-refractivity contribution in [3.8, 4) is 5.69 Å². The van der Waals surface area contributed by atoms with Crippen LogP contribution in [-0.4, -0.2) is 61.3 Å². The van der Waals surface area contributed by atoms with Gasteiger partial charge in [0.1, 0.15) is 35.4 Å². The predicted molar refractivity (Wildman–Crippen MR) is 197 cm³/mol. The maximum atomic E-state index is 15.4. The van der Waals surface area contributed by atoms with Crippen molar-refractivity contribution in [1.29, 1.82) is 0 Å². The number of hydrogen-bond acceptors (Lipinski definition) is 8. The Morgan fingerprint density at radius 2 is 1.81 bits per heavy atom. The van der Waals surface area contributed by atoms with Crippen LogP contribution in [0, 0.1) is 17.6 Å². The van der Waals surface area contributed by atoms with E-state index in [9.17, 15) is 27.2 Å². The first-order valence-corrected chi connectivity index (χ1v) is 18.4. The lowest BCUT2D eigenvalue weighted by atomic mass is 10.0. The molecule has 4 heterocycles. The van der Waals surface area contributed by atoms with Gasteiger partial charge in [-0.2, -0.15) is 19.0 Å². The summed E-state index contributed by atoms with van der Waals surface area (Å²) in [7, 11) is 1.58. The summed E-state index contributed by atoms with van der Waals surface area (Å²) < 4.78 is 97.1. The summed E-state index contributed by atoms with van der Waals surface area (Å²) in [5.74, 6) is -8.35. The van der Waals surface area contributed by atoms with Crippen molar-refractivity contribution in [2.24, 2.45) is 13.0 Å². The van der Waals surface area contributed by atoms with Gasteiger partial charge >= 0.3 is 0 Å². The Kier molecular flexibility index (Phi) is 8.76. The molecule has 9 rings (SSSR count). The Hall–Kier alpha value is -5.62. The summed E-state index contributed by atoms with van der Waals surface area (Å²) in [5.41, 5.74) is 5.29. The van der Waals surface area contributed by atoms with Crippen LogP contribution in [0.3, 0.4) is 0 Å². The van der Waals surface area contributed by atoms with Crippen molar-refractivity contribution in [1.82, 2.24) is 34.4 Å². The number of ether oxygens (including phenoxy) is 1. The minimum absolute atomic E-state index is 0.0303. The SMILES string of the molecule is Cn1nc(N)c2c(Cl)ccc(-n3c([C@H](Cc4cc(F)cc(F)c4)NC(=O)Cn4nc(C(F)F)c5c4C(F)(F)[C@@H]4C[C@H]54)nc4cc(N5CCOCC5)ccc4c3=O)c21. The average molecular weight is 812 g/mol. The first-order valence-electron chi connectivity index (χ1n) is 18.0. The van der Waals surface area contributed by atoms with Crippen molar-refractivity contribution in [2.75, 3.05) is 36.9 Å². The molecule has 0 radical (unpaired) electrons. The summed E-state index contributed by atoms with van der Waals surface area (Å²) in [4.78, 5) is 35.8. The second kappa shape index (κ2) is 13.5. The number of morpholine rings is 1. The lowest BCUT2D eigenvalue weighted by Gasteiger charge is -2.29. The summed E-state index contributed by atoms with van der Waals surface area (Å²) in [6.45, 7) is 1.16. The number of carbonyl (C=O) groups is 1. The predicted octanol–water partition coefficient (Wildman–Crippen LogP) is 6.07. The van der Waals surface area contributed by atoms with Crippen LogP contribution in [0.25, 0.3) is 27.5 Å². The van der Waals surface area contributed by atoms with Gasteiger partial charge in [-0.1, -0.05) is 11.6 Å². The molecule has 3 atom stereocenters. The number of benzene rings is 3. The molecule has 57 heavy (non-hydrogen) atoms. The van der Waals surface area contributed by atoms with Crippen LogP contribution in [0.1, 0.15) is 53.1 Å². The highest BCUT2D eigenvalue weighted by Gasteiger charge is 2.67. The monoisotopic (exact) mass is 811 g/mol. The summed E-state index contributed by atoms with van der Waals surface area (Å²) >= 11 is 6.55. The maximum Gasteiger partial charge on any atom is 0.293 e. The van der Waals surface area contributed by atoms with E-state index in [1.807, 2.05) is 4.90 Å². The van der Waals surface area contributed by atoms with Gasteiger partial charge in [-0.15, -0.1) is 0 Å². The molecule has 1 saturated heterocycles. The number of nitrogens with zero attached hydrogens (tertiary/aromatic N) is 7. The Bertz CT molecular complexity index is 2670. The number of nitrogens with one attached hydrogen (secondary N) is 1. The minimum atomic E-state index is -3.50. The van der Waals surface area contributed by atoms with Gasteiger partial charge < -0.3 is 20.7 Å². The van der Waals surface area contributed by atoms with E-state index in [0.717, 1.165) is 17.8 Å². The standard InChI is InChI=1S/C38H32ClF6N9O3/c1-51-32-27(5-4-24(39)30(32)35(46)50-51)54-36(48-25-14-20(2-3-21(25)37(54)56)52-6-8-57-9-7-52)26(12-17-10-18(40)13-19(41)11-17)47-28(55)16-53-33-29(31(49-53)34(42)43)22-15-23(22)38(33,44)45/h2-5,10-11,13-14,22-23,26,34H,6-9,12,15-16H2,1H3,(H2,46,50)(H,47,55)/t22-,23+,26-/m0/s1. The van der Waals surface area contributed by atoms with Gasteiger partial charge in [-0.25, -0.2) is 22.5 Å². The van der Waals surface area contributed by atoms with Gasteiger partial charge in [-0.3, -0.25) is 23.5 Å². The van der Waals surface area contributed by atoms with Crippen LogP contribution in [-0.2, 0) is 35.5 Å².